The number of benzene rings is 2. The summed E-state index contributed by atoms with van der Waals surface area (Å²) in [4.78, 5) is 37.5. The minimum Gasteiger partial charge on any atom is -0.326 e. The first kappa shape index (κ1) is 21.1. The number of nitrogens with one attached hydrogen (secondary N) is 2. The van der Waals surface area contributed by atoms with E-state index in [-0.39, 0.29) is 23.3 Å². The number of halogens is 1. The summed E-state index contributed by atoms with van der Waals surface area (Å²) >= 11 is 3.44. The van der Waals surface area contributed by atoms with Crippen LogP contribution in [0.15, 0.2) is 64.0 Å². The molecule has 0 unspecified atom stereocenters. The molecule has 0 aliphatic heterocycles. The van der Waals surface area contributed by atoms with Crippen LogP contribution in [0.1, 0.15) is 34.3 Å². The van der Waals surface area contributed by atoms with Gasteiger partial charge in [-0.15, -0.1) is 0 Å². The zero-order valence-electron chi connectivity index (χ0n) is 17.2. The summed E-state index contributed by atoms with van der Waals surface area (Å²) < 4.78 is 2.19. The highest BCUT2D eigenvalue weighted by atomic mass is 79.9. The monoisotopic (exact) mass is 479 g/mol. The van der Waals surface area contributed by atoms with Crippen molar-refractivity contribution in [3.8, 4) is 5.69 Å². The lowest BCUT2D eigenvalue weighted by molar-refractivity contribution is -0.117. The summed E-state index contributed by atoms with van der Waals surface area (Å²) in [6.07, 6.45) is 3.39. The third-order valence-corrected chi connectivity index (χ3v) is 5.98. The van der Waals surface area contributed by atoms with Gasteiger partial charge in [0.2, 0.25) is 5.91 Å². The maximum absolute atomic E-state index is 12.9. The number of rotatable bonds is 5. The van der Waals surface area contributed by atoms with E-state index in [4.69, 9.17) is 0 Å². The number of aryl methyl sites for hydroxylation is 2. The highest BCUT2D eigenvalue weighted by molar-refractivity contribution is 9.10. The van der Waals surface area contributed by atoms with Gasteiger partial charge in [0.05, 0.1) is 16.9 Å². The van der Waals surface area contributed by atoms with Crippen LogP contribution in [0.3, 0.4) is 0 Å². The van der Waals surface area contributed by atoms with Gasteiger partial charge in [0.15, 0.2) is 0 Å². The number of pyridine rings is 1. The normalized spacial score (nSPS) is 13.0. The molecule has 0 radical (unpaired) electrons. The van der Waals surface area contributed by atoms with Crippen LogP contribution < -0.4 is 16.2 Å². The number of amides is 2. The molecule has 158 valence electrons. The topological polar surface area (TPSA) is 80.2 Å². The number of hydrogen-bond acceptors (Lipinski definition) is 3. The molecular formula is C24H22BrN3O3. The Morgan fingerprint density at radius 3 is 2.39 bits per heavy atom. The summed E-state index contributed by atoms with van der Waals surface area (Å²) in [6.45, 7) is 3.86. The van der Waals surface area contributed by atoms with E-state index in [1.165, 1.54) is 16.7 Å². The van der Waals surface area contributed by atoms with E-state index >= 15 is 0 Å². The average molecular weight is 480 g/mol. The van der Waals surface area contributed by atoms with Crippen LogP contribution in [-0.2, 0) is 4.79 Å². The Labute approximate surface area is 188 Å². The third kappa shape index (κ3) is 4.61. The van der Waals surface area contributed by atoms with E-state index in [2.05, 4.69) is 26.6 Å². The molecule has 6 nitrogen and oxygen atoms in total. The number of carbonyl (C=O) groups is 2. The summed E-state index contributed by atoms with van der Waals surface area (Å²) in [5.41, 5.74) is 3.96. The van der Waals surface area contributed by atoms with Gasteiger partial charge in [-0.05, 0) is 78.0 Å². The number of anilines is 2. The molecule has 1 aromatic heterocycles. The lowest BCUT2D eigenvalue weighted by Gasteiger charge is -2.14. The average Bonchev–Trinajstić information content (AvgIpc) is 3.57. The van der Waals surface area contributed by atoms with Gasteiger partial charge < -0.3 is 10.6 Å². The smallest absolute Gasteiger partial charge is 0.257 e. The first-order chi connectivity index (χ1) is 14.8. The lowest BCUT2D eigenvalue weighted by atomic mass is 10.1. The molecule has 31 heavy (non-hydrogen) atoms. The van der Waals surface area contributed by atoms with Crippen molar-refractivity contribution >= 4 is 39.1 Å². The number of hydrogen-bond donors (Lipinski definition) is 2. The minimum absolute atomic E-state index is 0.000256. The highest BCUT2D eigenvalue weighted by Gasteiger charge is 2.29. The quantitative estimate of drug-likeness (QED) is 0.550. The molecule has 0 spiro atoms. The molecule has 2 amide bonds. The number of aromatic nitrogens is 1. The second-order valence-corrected chi connectivity index (χ2v) is 8.63. The molecule has 7 heteroatoms. The second kappa shape index (κ2) is 8.51. The Balaban J connectivity index is 1.61. The van der Waals surface area contributed by atoms with E-state index in [1.807, 2.05) is 32.0 Å². The maximum atomic E-state index is 12.9. The zero-order chi connectivity index (χ0) is 22.1. The van der Waals surface area contributed by atoms with Gasteiger partial charge >= 0.3 is 0 Å². The van der Waals surface area contributed by atoms with E-state index in [0.717, 1.165) is 29.7 Å². The summed E-state index contributed by atoms with van der Waals surface area (Å²) in [5, 5.41) is 5.74. The standard InChI is InChI=1S/C24H22BrN3O3/c1-14-4-3-5-15(2)22(14)28-13-17(8-11-21(28)29)24(31)27-20-12-18(9-10-19(20)25)26-23(30)16-6-7-16/h3-5,8-13,16H,6-7H2,1-2H3,(H,26,30)(H,27,31). The molecule has 1 heterocycles. The summed E-state index contributed by atoms with van der Waals surface area (Å²) in [7, 11) is 0. The van der Waals surface area contributed by atoms with Crippen molar-refractivity contribution in [3.05, 3.63) is 86.2 Å². The van der Waals surface area contributed by atoms with Crippen molar-refractivity contribution in [2.75, 3.05) is 10.6 Å². The van der Waals surface area contributed by atoms with Crippen molar-refractivity contribution in [1.29, 1.82) is 0 Å². The van der Waals surface area contributed by atoms with Crippen LogP contribution in [0.25, 0.3) is 5.69 Å². The van der Waals surface area contributed by atoms with Crippen LogP contribution >= 0.6 is 15.9 Å². The molecule has 2 N–H and O–H groups in total. The van der Waals surface area contributed by atoms with Crippen molar-refractivity contribution in [2.45, 2.75) is 26.7 Å². The van der Waals surface area contributed by atoms with E-state index in [1.54, 1.807) is 24.4 Å². The Morgan fingerprint density at radius 2 is 1.71 bits per heavy atom. The van der Waals surface area contributed by atoms with Crippen molar-refractivity contribution in [1.82, 2.24) is 4.57 Å². The number of carbonyl (C=O) groups excluding carboxylic acids is 2. The van der Waals surface area contributed by atoms with Gasteiger partial charge in [0.1, 0.15) is 0 Å². The van der Waals surface area contributed by atoms with Crippen LogP contribution in [0, 0.1) is 19.8 Å². The molecule has 1 saturated carbocycles. The Hall–Kier alpha value is -3.19. The van der Waals surface area contributed by atoms with E-state index in [9.17, 15) is 14.4 Å². The fourth-order valence-corrected chi connectivity index (χ4v) is 3.81. The summed E-state index contributed by atoms with van der Waals surface area (Å²) in [6, 6.07) is 14.0. The number of para-hydroxylation sites is 1. The first-order valence-electron chi connectivity index (χ1n) is 10.0. The van der Waals surface area contributed by atoms with Gasteiger partial charge in [0, 0.05) is 28.3 Å². The van der Waals surface area contributed by atoms with Gasteiger partial charge in [-0.2, -0.15) is 0 Å². The Kier molecular flexibility index (Phi) is 5.78. The molecule has 0 saturated heterocycles. The van der Waals surface area contributed by atoms with Crippen LogP contribution in [0.5, 0.6) is 0 Å². The molecule has 1 aliphatic rings. The lowest BCUT2D eigenvalue weighted by Crippen LogP contribution is -2.22. The van der Waals surface area contributed by atoms with Crippen molar-refractivity contribution < 1.29 is 9.59 Å². The molecule has 4 rings (SSSR count). The molecule has 1 fully saturated rings. The van der Waals surface area contributed by atoms with Crippen molar-refractivity contribution in [2.24, 2.45) is 5.92 Å². The summed E-state index contributed by atoms with van der Waals surface area (Å²) in [5.74, 6) is -0.265. The van der Waals surface area contributed by atoms with Crippen LogP contribution in [0.2, 0.25) is 0 Å². The maximum Gasteiger partial charge on any atom is 0.257 e. The third-order valence-electron chi connectivity index (χ3n) is 5.28. The van der Waals surface area contributed by atoms with Gasteiger partial charge in [-0.25, -0.2) is 0 Å². The zero-order valence-corrected chi connectivity index (χ0v) is 18.8. The van der Waals surface area contributed by atoms with Crippen LogP contribution in [-0.4, -0.2) is 16.4 Å². The SMILES string of the molecule is Cc1cccc(C)c1-n1cc(C(=O)Nc2cc(NC(=O)C3CC3)ccc2Br)ccc1=O. The van der Waals surface area contributed by atoms with E-state index in [0.29, 0.717) is 21.4 Å². The second-order valence-electron chi connectivity index (χ2n) is 7.78. The molecule has 0 atom stereocenters. The Morgan fingerprint density at radius 1 is 1.00 bits per heavy atom. The number of nitrogens with zero attached hydrogens (tertiary/aromatic N) is 1. The van der Waals surface area contributed by atoms with Crippen molar-refractivity contribution in [3.63, 3.8) is 0 Å². The highest BCUT2D eigenvalue weighted by Crippen LogP contribution is 2.32. The molecule has 3 aromatic rings. The first-order valence-corrected chi connectivity index (χ1v) is 10.8. The Bertz CT molecular complexity index is 1220. The molecule has 0 bridgehead atoms. The molecular weight excluding hydrogens is 458 g/mol. The van der Waals surface area contributed by atoms with E-state index < -0.39 is 0 Å². The minimum atomic E-state index is -0.355. The van der Waals surface area contributed by atoms with Gasteiger partial charge in [-0.1, -0.05) is 18.2 Å². The molecule has 2 aromatic carbocycles. The fourth-order valence-electron chi connectivity index (χ4n) is 3.46. The molecule has 1 aliphatic carbocycles. The van der Waals surface area contributed by atoms with Gasteiger partial charge in [0.25, 0.3) is 11.5 Å². The van der Waals surface area contributed by atoms with Gasteiger partial charge in [-0.3, -0.25) is 19.0 Å². The van der Waals surface area contributed by atoms with Crippen LogP contribution in [0.4, 0.5) is 11.4 Å². The largest absolute Gasteiger partial charge is 0.326 e. The fraction of sp³-hybridized carbons (Fsp3) is 0.208. The predicted octanol–water partition coefficient (Wildman–Crippen LogP) is 4.82. The predicted molar refractivity (Wildman–Crippen MR) is 125 cm³/mol.